The van der Waals surface area contributed by atoms with E-state index in [4.69, 9.17) is 21.5 Å². The number of nitrogens with one attached hydrogen (secondary N) is 2. The van der Waals surface area contributed by atoms with Crippen molar-refractivity contribution in [2.45, 2.75) is 33.2 Å². The molecule has 32 heavy (non-hydrogen) atoms. The summed E-state index contributed by atoms with van der Waals surface area (Å²) in [6.45, 7) is 5.60. The number of aromatic nitrogens is 2. The van der Waals surface area contributed by atoms with E-state index in [0.717, 1.165) is 41.2 Å². The number of nitrogens with zero attached hydrogens (tertiary/aromatic N) is 3. The van der Waals surface area contributed by atoms with Gasteiger partial charge in [-0.05, 0) is 74.4 Å². The molecule has 0 bridgehead atoms. The van der Waals surface area contributed by atoms with Gasteiger partial charge in [-0.1, -0.05) is 11.2 Å². The van der Waals surface area contributed by atoms with E-state index in [-0.39, 0.29) is 5.91 Å². The van der Waals surface area contributed by atoms with E-state index in [1.807, 2.05) is 61.2 Å². The van der Waals surface area contributed by atoms with Gasteiger partial charge in [0.15, 0.2) is 5.11 Å². The molecule has 0 spiro atoms. The Morgan fingerprint density at radius 1 is 1.25 bits per heavy atom. The number of ether oxygens (including phenoxy) is 1. The molecular weight excluding hydrogens is 426 g/mol. The molecule has 9 heteroatoms. The second-order valence-electron chi connectivity index (χ2n) is 7.43. The minimum absolute atomic E-state index is 0.158. The summed E-state index contributed by atoms with van der Waals surface area (Å²) in [7, 11) is 0. The normalized spacial score (nSPS) is 13.3. The van der Waals surface area contributed by atoms with Crippen LogP contribution in [-0.4, -0.2) is 34.3 Å². The van der Waals surface area contributed by atoms with Crippen molar-refractivity contribution in [3.63, 3.8) is 0 Å². The zero-order valence-corrected chi connectivity index (χ0v) is 18.9. The van der Waals surface area contributed by atoms with E-state index in [1.165, 1.54) is 0 Å². The second-order valence-corrected chi connectivity index (χ2v) is 7.84. The van der Waals surface area contributed by atoms with Gasteiger partial charge in [-0.15, -0.1) is 0 Å². The number of thiocarbonyl (C=S) groups is 1. The van der Waals surface area contributed by atoms with E-state index >= 15 is 0 Å². The number of hydrogen-bond acceptors (Lipinski definition) is 6. The van der Waals surface area contributed by atoms with Crippen LogP contribution >= 0.6 is 12.2 Å². The van der Waals surface area contributed by atoms with E-state index in [0.29, 0.717) is 36.4 Å². The topological polar surface area (TPSA) is 92.5 Å². The van der Waals surface area contributed by atoms with Crippen molar-refractivity contribution >= 4 is 34.6 Å². The summed E-state index contributed by atoms with van der Waals surface area (Å²) in [5.41, 5.74) is 3.62. The first-order valence-corrected chi connectivity index (χ1v) is 11.0. The number of anilines is 2. The summed E-state index contributed by atoms with van der Waals surface area (Å²) < 4.78 is 10.8. The molecule has 1 aliphatic rings. The molecule has 2 aromatic carbocycles. The highest BCUT2D eigenvalue weighted by Gasteiger charge is 2.23. The predicted octanol–water partition coefficient (Wildman–Crippen LogP) is 4.06. The maximum Gasteiger partial charge on any atom is 0.246 e. The van der Waals surface area contributed by atoms with Crippen LogP contribution in [0.15, 0.2) is 47.0 Å². The number of rotatable bonds is 7. The van der Waals surface area contributed by atoms with Gasteiger partial charge < -0.3 is 24.8 Å². The van der Waals surface area contributed by atoms with Crippen LogP contribution in [0.2, 0.25) is 0 Å². The third kappa shape index (κ3) is 5.05. The molecule has 3 aromatic rings. The van der Waals surface area contributed by atoms with E-state index in [1.54, 1.807) is 0 Å². The van der Waals surface area contributed by atoms with E-state index in [2.05, 4.69) is 20.8 Å². The molecule has 1 aliphatic heterocycles. The average Bonchev–Trinajstić information content (AvgIpc) is 3.44. The highest BCUT2D eigenvalue weighted by Crippen LogP contribution is 2.28. The van der Waals surface area contributed by atoms with Gasteiger partial charge >= 0.3 is 0 Å². The predicted molar refractivity (Wildman–Crippen MR) is 127 cm³/mol. The van der Waals surface area contributed by atoms with Gasteiger partial charge in [0.25, 0.3) is 0 Å². The molecule has 0 aliphatic carbocycles. The van der Waals surface area contributed by atoms with Crippen molar-refractivity contribution in [2.24, 2.45) is 0 Å². The Balaban J connectivity index is 1.34. The largest absolute Gasteiger partial charge is 0.494 e. The van der Waals surface area contributed by atoms with Crippen LogP contribution in [0, 0.1) is 6.92 Å². The van der Waals surface area contributed by atoms with E-state index in [9.17, 15) is 4.79 Å². The number of aryl methyl sites for hydroxylation is 1. The number of amides is 1. The van der Waals surface area contributed by atoms with Crippen LogP contribution in [0.1, 0.15) is 31.2 Å². The Morgan fingerprint density at radius 3 is 2.78 bits per heavy atom. The first kappa shape index (κ1) is 21.8. The molecule has 1 saturated heterocycles. The SMILES string of the molecule is CCOc1ccc(-c2noc(CNC(=S)Nc3ccc(C)c(N4CCCC4=O)c3)n2)cc1. The summed E-state index contributed by atoms with van der Waals surface area (Å²) in [6, 6.07) is 13.4. The van der Waals surface area contributed by atoms with Gasteiger partial charge in [0.1, 0.15) is 5.75 Å². The number of carbonyl (C=O) groups excluding carboxylic acids is 1. The zero-order chi connectivity index (χ0) is 22.5. The van der Waals surface area contributed by atoms with Crippen molar-refractivity contribution in [1.82, 2.24) is 15.5 Å². The molecule has 0 radical (unpaired) electrons. The van der Waals surface area contributed by atoms with Crippen molar-refractivity contribution in [3.05, 3.63) is 53.9 Å². The molecule has 166 valence electrons. The van der Waals surface area contributed by atoms with Crippen LogP contribution in [0.4, 0.5) is 11.4 Å². The molecule has 1 aromatic heterocycles. The lowest BCUT2D eigenvalue weighted by molar-refractivity contribution is -0.117. The zero-order valence-electron chi connectivity index (χ0n) is 18.1. The Morgan fingerprint density at radius 2 is 2.06 bits per heavy atom. The first-order chi connectivity index (χ1) is 15.5. The quantitative estimate of drug-likeness (QED) is 0.520. The van der Waals surface area contributed by atoms with Crippen LogP contribution in [0.5, 0.6) is 5.75 Å². The third-order valence-corrected chi connectivity index (χ3v) is 5.37. The summed E-state index contributed by atoms with van der Waals surface area (Å²) in [4.78, 5) is 18.3. The maximum absolute atomic E-state index is 12.1. The number of hydrogen-bond donors (Lipinski definition) is 2. The van der Waals surface area contributed by atoms with Crippen LogP contribution in [-0.2, 0) is 11.3 Å². The van der Waals surface area contributed by atoms with Gasteiger partial charge in [-0.2, -0.15) is 4.98 Å². The van der Waals surface area contributed by atoms with Crippen molar-refractivity contribution in [3.8, 4) is 17.1 Å². The first-order valence-electron chi connectivity index (χ1n) is 10.5. The van der Waals surface area contributed by atoms with Crippen molar-refractivity contribution in [1.29, 1.82) is 0 Å². The minimum Gasteiger partial charge on any atom is -0.494 e. The fourth-order valence-corrected chi connectivity index (χ4v) is 3.71. The van der Waals surface area contributed by atoms with Gasteiger partial charge in [0.05, 0.1) is 13.2 Å². The standard InChI is InChI=1S/C23H25N5O3S/c1-3-30-18-10-7-16(8-11-18)22-26-20(31-27-22)14-24-23(32)25-17-9-6-15(2)19(13-17)28-12-4-5-21(28)29/h6-11,13H,3-5,12,14H2,1-2H3,(H2,24,25,32). The summed E-state index contributed by atoms with van der Waals surface area (Å²) in [5, 5.41) is 10.7. The molecule has 0 unspecified atom stereocenters. The van der Waals surface area contributed by atoms with E-state index < -0.39 is 0 Å². The highest BCUT2D eigenvalue weighted by molar-refractivity contribution is 7.80. The number of benzene rings is 2. The van der Waals surface area contributed by atoms with Gasteiger partial charge in [-0.25, -0.2) is 0 Å². The van der Waals surface area contributed by atoms with Gasteiger partial charge in [-0.3, -0.25) is 4.79 Å². The molecule has 1 fully saturated rings. The average molecular weight is 452 g/mol. The van der Waals surface area contributed by atoms with Crippen molar-refractivity contribution < 1.29 is 14.1 Å². The van der Waals surface area contributed by atoms with Crippen LogP contribution in [0.3, 0.4) is 0 Å². The summed E-state index contributed by atoms with van der Waals surface area (Å²) >= 11 is 5.40. The fraction of sp³-hybridized carbons (Fsp3) is 0.304. The Kier molecular flexibility index (Phi) is 6.65. The molecule has 2 heterocycles. The second kappa shape index (κ2) is 9.78. The lowest BCUT2D eigenvalue weighted by Crippen LogP contribution is -2.28. The minimum atomic E-state index is 0.158. The van der Waals surface area contributed by atoms with Crippen LogP contribution < -0.4 is 20.3 Å². The molecule has 0 saturated carbocycles. The molecule has 1 amide bonds. The Hall–Kier alpha value is -3.46. The van der Waals surface area contributed by atoms with Gasteiger partial charge in [0.2, 0.25) is 17.6 Å². The molecular formula is C23H25N5O3S. The maximum atomic E-state index is 12.1. The molecule has 0 atom stereocenters. The third-order valence-electron chi connectivity index (χ3n) is 5.12. The lowest BCUT2D eigenvalue weighted by Gasteiger charge is -2.20. The van der Waals surface area contributed by atoms with Crippen molar-refractivity contribution in [2.75, 3.05) is 23.4 Å². The molecule has 4 rings (SSSR count). The Labute approximate surface area is 192 Å². The number of carbonyl (C=O) groups is 1. The summed E-state index contributed by atoms with van der Waals surface area (Å²) in [5.74, 6) is 1.88. The molecule has 2 N–H and O–H groups in total. The summed E-state index contributed by atoms with van der Waals surface area (Å²) in [6.07, 6.45) is 1.48. The highest BCUT2D eigenvalue weighted by atomic mass is 32.1. The molecule has 8 nitrogen and oxygen atoms in total. The smallest absolute Gasteiger partial charge is 0.246 e. The Bertz CT molecular complexity index is 1110. The van der Waals surface area contributed by atoms with Gasteiger partial charge in [0, 0.05) is 29.9 Å². The fourth-order valence-electron chi connectivity index (χ4n) is 3.52. The van der Waals surface area contributed by atoms with Crippen LogP contribution in [0.25, 0.3) is 11.4 Å². The lowest BCUT2D eigenvalue weighted by atomic mass is 10.1. The monoisotopic (exact) mass is 451 g/mol.